The summed E-state index contributed by atoms with van der Waals surface area (Å²) in [6.07, 6.45) is 6.31. The monoisotopic (exact) mass is 422 g/mol. The molecule has 2 saturated heterocycles. The van der Waals surface area contributed by atoms with Gasteiger partial charge in [-0.15, -0.1) is 0 Å². The number of fused-ring (bicyclic) bond motifs is 1. The van der Waals surface area contributed by atoms with Crippen LogP contribution >= 0.6 is 0 Å². The first-order valence-corrected chi connectivity index (χ1v) is 11.4. The number of hydrogen-bond acceptors (Lipinski definition) is 5. The number of hydrogen-bond donors (Lipinski definition) is 0. The van der Waals surface area contributed by atoms with Gasteiger partial charge in [-0.25, -0.2) is 0 Å². The predicted octanol–water partition coefficient (Wildman–Crippen LogP) is 3.17. The number of pyridine rings is 1. The molecule has 3 aliphatic heterocycles. The molecule has 0 aliphatic carbocycles. The molecule has 0 N–H and O–H groups in total. The maximum absolute atomic E-state index is 12.8. The number of carbonyl (C=O) groups is 1. The number of amides is 1. The van der Waals surface area contributed by atoms with Crippen molar-refractivity contribution in [2.75, 3.05) is 32.9 Å². The normalized spacial score (nSPS) is 21.4. The van der Waals surface area contributed by atoms with E-state index in [1.54, 1.807) is 6.20 Å². The third kappa shape index (κ3) is 4.46. The summed E-state index contributed by atoms with van der Waals surface area (Å²) in [5, 5.41) is 0. The van der Waals surface area contributed by atoms with Crippen LogP contribution in [0.3, 0.4) is 0 Å². The van der Waals surface area contributed by atoms with Gasteiger partial charge in [-0.1, -0.05) is 18.2 Å². The third-order valence-electron chi connectivity index (χ3n) is 6.78. The van der Waals surface area contributed by atoms with Gasteiger partial charge in [-0.2, -0.15) is 0 Å². The van der Waals surface area contributed by atoms with Crippen molar-refractivity contribution in [2.24, 2.45) is 5.92 Å². The molecule has 1 aromatic carbocycles. The highest BCUT2D eigenvalue weighted by Crippen LogP contribution is 2.42. The molecule has 0 saturated carbocycles. The minimum atomic E-state index is -0.173. The molecule has 4 heterocycles. The highest BCUT2D eigenvalue weighted by atomic mass is 16.5. The summed E-state index contributed by atoms with van der Waals surface area (Å²) in [7, 11) is 0. The molecule has 0 radical (unpaired) electrons. The van der Waals surface area contributed by atoms with Gasteiger partial charge in [0, 0.05) is 19.4 Å². The maximum Gasteiger partial charge on any atom is 0.227 e. The Labute approximate surface area is 183 Å². The van der Waals surface area contributed by atoms with E-state index in [0.29, 0.717) is 38.6 Å². The van der Waals surface area contributed by atoms with Crippen molar-refractivity contribution in [1.82, 2.24) is 9.88 Å². The fraction of sp³-hybridized carbons (Fsp3) is 0.520. The van der Waals surface area contributed by atoms with Crippen molar-refractivity contribution in [3.63, 3.8) is 0 Å². The Morgan fingerprint density at radius 3 is 3.03 bits per heavy atom. The van der Waals surface area contributed by atoms with E-state index in [1.165, 1.54) is 5.56 Å². The zero-order valence-corrected chi connectivity index (χ0v) is 17.9. The number of aryl methyl sites for hydroxylation is 1. The Kier molecular flexibility index (Phi) is 5.92. The van der Waals surface area contributed by atoms with Gasteiger partial charge in [0.15, 0.2) is 0 Å². The molecule has 1 atom stereocenters. The van der Waals surface area contributed by atoms with Crippen LogP contribution in [0.25, 0.3) is 0 Å². The first kappa shape index (κ1) is 20.5. The molecule has 1 aromatic heterocycles. The van der Waals surface area contributed by atoms with E-state index < -0.39 is 0 Å². The SMILES string of the molecule is O=C(Cc1ccc2c(c1)CCCO2)N1CC2(C1)OCC[C@H]2CCOCc1ccccn1. The van der Waals surface area contributed by atoms with Crippen LogP contribution in [0, 0.1) is 5.92 Å². The number of likely N-dealkylation sites (tertiary alicyclic amines) is 1. The lowest BCUT2D eigenvalue weighted by atomic mass is 9.79. The van der Waals surface area contributed by atoms with E-state index in [4.69, 9.17) is 14.2 Å². The minimum absolute atomic E-state index is 0.173. The fourth-order valence-corrected chi connectivity index (χ4v) is 5.01. The molecule has 1 spiro atoms. The van der Waals surface area contributed by atoms with Crippen LogP contribution < -0.4 is 4.74 Å². The molecule has 0 unspecified atom stereocenters. The second-order valence-corrected chi connectivity index (χ2v) is 8.88. The minimum Gasteiger partial charge on any atom is -0.493 e. The quantitative estimate of drug-likeness (QED) is 0.642. The molecule has 0 bridgehead atoms. The van der Waals surface area contributed by atoms with Crippen molar-refractivity contribution < 1.29 is 19.0 Å². The van der Waals surface area contributed by atoms with Crippen molar-refractivity contribution >= 4 is 5.91 Å². The molecule has 2 aromatic rings. The first-order valence-electron chi connectivity index (χ1n) is 11.4. The van der Waals surface area contributed by atoms with Gasteiger partial charge < -0.3 is 19.1 Å². The van der Waals surface area contributed by atoms with E-state index in [0.717, 1.165) is 55.9 Å². The zero-order valence-electron chi connectivity index (χ0n) is 17.9. The number of aromatic nitrogens is 1. The molecule has 6 nitrogen and oxygen atoms in total. The average Bonchev–Trinajstić information content (AvgIpc) is 3.20. The molecular weight excluding hydrogens is 392 g/mol. The summed E-state index contributed by atoms with van der Waals surface area (Å²) >= 11 is 0. The molecule has 2 fully saturated rings. The van der Waals surface area contributed by atoms with Gasteiger partial charge in [0.1, 0.15) is 11.4 Å². The van der Waals surface area contributed by atoms with E-state index in [9.17, 15) is 4.79 Å². The second kappa shape index (κ2) is 8.97. The topological polar surface area (TPSA) is 60.9 Å². The van der Waals surface area contributed by atoms with Crippen LogP contribution in [-0.2, 0) is 33.7 Å². The first-order chi connectivity index (χ1) is 15.2. The van der Waals surface area contributed by atoms with Gasteiger partial charge >= 0.3 is 0 Å². The molecular formula is C25H30N2O4. The Balaban J connectivity index is 1.09. The third-order valence-corrected chi connectivity index (χ3v) is 6.78. The predicted molar refractivity (Wildman–Crippen MR) is 116 cm³/mol. The highest BCUT2D eigenvalue weighted by molar-refractivity contribution is 5.80. The Morgan fingerprint density at radius 1 is 1.23 bits per heavy atom. The summed E-state index contributed by atoms with van der Waals surface area (Å²) in [6.45, 7) is 4.19. The van der Waals surface area contributed by atoms with Crippen LogP contribution in [0.2, 0.25) is 0 Å². The molecule has 1 amide bonds. The van der Waals surface area contributed by atoms with Crippen LogP contribution in [0.5, 0.6) is 5.75 Å². The standard InChI is InChI=1S/C25H30N2O4/c28-24(15-19-6-7-23-20(14-19)4-3-11-30-23)27-17-25(18-27)21(9-13-31-25)8-12-29-16-22-5-1-2-10-26-22/h1-2,5-7,10,14,21H,3-4,8-9,11-13,15-18H2/t21-/m1/s1. The van der Waals surface area contributed by atoms with Crippen LogP contribution in [0.4, 0.5) is 0 Å². The van der Waals surface area contributed by atoms with Crippen molar-refractivity contribution in [1.29, 1.82) is 0 Å². The number of nitrogens with zero attached hydrogens (tertiary/aromatic N) is 2. The number of ether oxygens (including phenoxy) is 3. The summed E-state index contributed by atoms with van der Waals surface area (Å²) in [6, 6.07) is 12.0. The molecule has 31 heavy (non-hydrogen) atoms. The zero-order chi connectivity index (χ0) is 21.1. The Bertz CT molecular complexity index is 911. The second-order valence-electron chi connectivity index (χ2n) is 8.88. The largest absolute Gasteiger partial charge is 0.493 e. The van der Waals surface area contributed by atoms with E-state index in [-0.39, 0.29) is 11.5 Å². The number of benzene rings is 1. The lowest BCUT2D eigenvalue weighted by molar-refractivity contribution is -0.165. The van der Waals surface area contributed by atoms with Gasteiger partial charge in [-0.3, -0.25) is 9.78 Å². The van der Waals surface area contributed by atoms with E-state index >= 15 is 0 Å². The fourth-order valence-electron chi connectivity index (χ4n) is 5.01. The Hall–Kier alpha value is -2.44. The van der Waals surface area contributed by atoms with Crippen molar-refractivity contribution in [3.8, 4) is 5.75 Å². The summed E-state index contributed by atoms with van der Waals surface area (Å²) < 4.78 is 17.6. The smallest absolute Gasteiger partial charge is 0.227 e. The van der Waals surface area contributed by atoms with Gasteiger partial charge in [0.2, 0.25) is 5.91 Å². The molecule has 5 rings (SSSR count). The summed E-state index contributed by atoms with van der Waals surface area (Å²) in [5.74, 6) is 1.60. The maximum atomic E-state index is 12.8. The van der Waals surface area contributed by atoms with E-state index in [1.807, 2.05) is 35.2 Å². The lowest BCUT2D eigenvalue weighted by Gasteiger charge is -2.50. The van der Waals surface area contributed by atoms with Crippen LogP contribution in [0.1, 0.15) is 36.1 Å². The highest BCUT2D eigenvalue weighted by Gasteiger charge is 2.53. The number of carbonyl (C=O) groups excluding carboxylic acids is 1. The van der Waals surface area contributed by atoms with Crippen molar-refractivity contribution in [3.05, 3.63) is 59.4 Å². The van der Waals surface area contributed by atoms with Crippen molar-refractivity contribution in [2.45, 2.75) is 44.3 Å². The summed E-state index contributed by atoms with van der Waals surface area (Å²) in [5.41, 5.74) is 3.07. The molecule has 3 aliphatic rings. The average molecular weight is 423 g/mol. The van der Waals surface area contributed by atoms with Gasteiger partial charge in [0.05, 0.1) is 38.4 Å². The number of rotatable bonds is 7. The Morgan fingerprint density at radius 2 is 2.16 bits per heavy atom. The van der Waals surface area contributed by atoms with Gasteiger partial charge in [-0.05, 0) is 60.9 Å². The molecule has 6 heteroatoms. The molecule has 164 valence electrons. The van der Waals surface area contributed by atoms with Crippen LogP contribution in [-0.4, -0.2) is 54.3 Å². The van der Waals surface area contributed by atoms with Gasteiger partial charge in [0.25, 0.3) is 0 Å². The summed E-state index contributed by atoms with van der Waals surface area (Å²) in [4.78, 5) is 19.1. The van der Waals surface area contributed by atoms with Crippen LogP contribution in [0.15, 0.2) is 42.6 Å². The lowest BCUT2D eigenvalue weighted by Crippen LogP contribution is -2.66. The van der Waals surface area contributed by atoms with E-state index in [2.05, 4.69) is 11.1 Å².